The molecule has 21 heavy (non-hydrogen) atoms. The van der Waals surface area contributed by atoms with Gasteiger partial charge in [-0.05, 0) is 19.1 Å². The Morgan fingerprint density at radius 1 is 1.38 bits per heavy atom. The summed E-state index contributed by atoms with van der Waals surface area (Å²) in [7, 11) is 0. The van der Waals surface area contributed by atoms with Gasteiger partial charge in [-0.15, -0.1) is 0 Å². The topological polar surface area (TPSA) is 80.9 Å². The van der Waals surface area contributed by atoms with Crippen molar-refractivity contribution in [1.82, 2.24) is 20.4 Å². The Balaban J connectivity index is 2.07. The van der Waals surface area contributed by atoms with E-state index >= 15 is 0 Å². The highest BCUT2D eigenvalue weighted by Crippen LogP contribution is 2.20. The second kappa shape index (κ2) is 5.59. The Bertz CT molecular complexity index is 631. The van der Waals surface area contributed by atoms with Crippen LogP contribution in [0.25, 0.3) is 0 Å². The molecule has 1 atom stereocenters. The highest BCUT2D eigenvalue weighted by atomic mass is 19.1. The van der Waals surface area contributed by atoms with E-state index in [1.54, 1.807) is 6.92 Å². The van der Waals surface area contributed by atoms with Crippen LogP contribution in [0.2, 0.25) is 0 Å². The second-order valence-electron chi connectivity index (χ2n) is 5.77. The van der Waals surface area contributed by atoms with E-state index in [0.717, 1.165) is 6.07 Å². The van der Waals surface area contributed by atoms with Gasteiger partial charge in [0.1, 0.15) is 6.04 Å². The molecule has 1 unspecified atom stereocenters. The molecule has 112 valence electrons. The quantitative estimate of drug-likeness (QED) is 0.878. The number of carbonyl (C=O) groups is 1. The fourth-order valence-electron chi connectivity index (χ4n) is 1.57. The third-order valence-corrected chi connectivity index (χ3v) is 2.82. The van der Waals surface area contributed by atoms with Gasteiger partial charge in [-0.3, -0.25) is 4.79 Å². The maximum Gasteiger partial charge on any atom is 0.253 e. The summed E-state index contributed by atoms with van der Waals surface area (Å²) < 4.78 is 17.9. The lowest BCUT2D eigenvalue weighted by Gasteiger charge is -2.12. The van der Waals surface area contributed by atoms with E-state index in [1.165, 1.54) is 12.3 Å². The molecule has 0 spiro atoms. The number of nitrogens with zero attached hydrogens (tertiary/aromatic N) is 3. The molecule has 0 aliphatic rings. The molecule has 0 saturated carbocycles. The van der Waals surface area contributed by atoms with Gasteiger partial charge in [0.25, 0.3) is 5.91 Å². The summed E-state index contributed by atoms with van der Waals surface area (Å²) in [6.45, 7) is 7.63. The Labute approximate surface area is 121 Å². The Kier molecular flexibility index (Phi) is 4.02. The van der Waals surface area contributed by atoms with Crippen LogP contribution < -0.4 is 5.32 Å². The molecule has 2 aromatic rings. The molecule has 0 aliphatic carbocycles. The van der Waals surface area contributed by atoms with Crippen LogP contribution in [0.5, 0.6) is 0 Å². The Hall–Kier alpha value is -2.31. The average molecular weight is 292 g/mol. The minimum atomic E-state index is -0.633. The third-order valence-electron chi connectivity index (χ3n) is 2.82. The van der Waals surface area contributed by atoms with Crippen molar-refractivity contribution in [2.24, 2.45) is 0 Å². The molecule has 1 N–H and O–H groups in total. The summed E-state index contributed by atoms with van der Waals surface area (Å²) in [6, 6.07) is 2.04. The zero-order valence-electron chi connectivity index (χ0n) is 12.3. The molecule has 2 heterocycles. The van der Waals surface area contributed by atoms with Crippen LogP contribution in [-0.2, 0) is 5.41 Å². The van der Waals surface area contributed by atoms with Gasteiger partial charge >= 0.3 is 0 Å². The number of pyridine rings is 1. The van der Waals surface area contributed by atoms with Crippen molar-refractivity contribution in [3.8, 4) is 0 Å². The minimum Gasteiger partial charge on any atom is -0.340 e. The van der Waals surface area contributed by atoms with Crippen LogP contribution >= 0.6 is 0 Å². The molecule has 2 rings (SSSR count). The lowest BCUT2D eigenvalue weighted by atomic mass is 9.96. The summed E-state index contributed by atoms with van der Waals surface area (Å²) in [6.07, 6.45) is 1.17. The predicted octanol–water partition coefficient (Wildman–Crippen LogP) is 2.39. The van der Waals surface area contributed by atoms with E-state index in [2.05, 4.69) is 20.4 Å². The van der Waals surface area contributed by atoms with E-state index in [9.17, 15) is 9.18 Å². The SMILES string of the molecule is CC(NC(=O)c1ccc(F)nc1)c1nc(C(C)(C)C)no1. The standard InChI is InChI=1S/C14H17FN4O2/c1-8(12-18-13(19-21-12)14(2,3)4)17-11(20)9-5-6-10(15)16-7-9/h5-8H,1-4H3,(H,17,20). The second-order valence-corrected chi connectivity index (χ2v) is 5.77. The van der Waals surface area contributed by atoms with Crippen molar-refractivity contribution >= 4 is 5.91 Å². The molecule has 1 amide bonds. The molecule has 0 bridgehead atoms. The fourth-order valence-corrected chi connectivity index (χ4v) is 1.57. The zero-order valence-corrected chi connectivity index (χ0v) is 12.3. The molecule has 0 radical (unpaired) electrons. The van der Waals surface area contributed by atoms with Gasteiger partial charge in [-0.1, -0.05) is 25.9 Å². The first-order valence-electron chi connectivity index (χ1n) is 6.54. The van der Waals surface area contributed by atoms with Crippen molar-refractivity contribution in [2.75, 3.05) is 0 Å². The summed E-state index contributed by atoms with van der Waals surface area (Å²) in [5.41, 5.74) is 0.0330. The Morgan fingerprint density at radius 2 is 2.10 bits per heavy atom. The number of amides is 1. The van der Waals surface area contributed by atoms with Crippen LogP contribution in [0, 0.1) is 5.95 Å². The number of rotatable bonds is 3. The Morgan fingerprint density at radius 3 is 2.62 bits per heavy atom. The molecule has 0 fully saturated rings. The van der Waals surface area contributed by atoms with Gasteiger partial charge in [0.05, 0.1) is 5.56 Å². The van der Waals surface area contributed by atoms with E-state index < -0.39 is 12.0 Å². The summed E-state index contributed by atoms with van der Waals surface area (Å²) in [5.74, 6) is -0.123. The first-order chi connectivity index (χ1) is 9.77. The first kappa shape index (κ1) is 15.1. The van der Waals surface area contributed by atoms with Crippen molar-refractivity contribution in [3.05, 3.63) is 41.6 Å². The summed E-state index contributed by atoms with van der Waals surface area (Å²) in [4.78, 5) is 19.7. The van der Waals surface area contributed by atoms with E-state index in [4.69, 9.17) is 4.52 Å². The monoisotopic (exact) mass is 292 g/mol. The van der Waals surface area contributed by atoms with Gasteiger partial charge in [0.2, 0.25) is 11.8 Å². The lowest BCUT2D eigenvalue weighted by molar-refractivity contribution is 0.0932. The molecule has 0 aliphatic heterocycles. The third kappa shape index (κ3) is 3.62. The molecule has 0 saturated heterocycles. The maximum atomic E-state index is 12.7. The van der Waals surface area contributed by atoms with Gasteiger partial charge < -0.3 is 9.84 Å². The van der Waals surface area contributed by atoms with Crippen LogP contribution in [0.1, 0.15) is 55.8 Å². The minimum absolute atomic E-state index is 0.230. The number of nitrogens with one attached hydrogen (secondary N) is 1. The summed E-state index contributed by atoms with van der Waals surface area (Å²) >= 11 is 0. The molecular weight excluding hydrogens is 275 g/mol. The fraction of sp³-hybridized carbons (Fsp3) is 0.429. The summed E-state index contributed by atoms with van der Waals surface area (Å²) in [5, 5.41) is 6.60. The predicted molar refractivity (Wildman–Crippen MR) is 73.1 cm³/mol. The number of halogens is 1. The van der Waals surface area contributed by atoms with Crippen LogP contribution in [0.4, 0.5) is 4.39 Å². The van der Waals surface area contributed by atoms with Crippen molar-refractivity contribution < 1.29 is 13.7 Å². The van der Waals surface area contributed by atoms with Gasteiger partial charge in [-0.25, -0.2) is 4.98 Å². The van der Waals surface area contributed by atoms with Crippen molar-refractivity contribution in [1.29, 1.82) is 0 Å². The zero-order chi connectivity index (χ0) is 15.6. The highest BCUT2D eigenvalue weighted by Gasteiger charge is 2.24. The average Bonchev–Trinajstić information content (AvgIpc) is 2.88. The maximum absolute atomic E-state index is 12.7. The van der Waals surface area contributed by atoms with Crippen LogP contribution in [-0.4, -0.2) is 21.0 Å². The van der Waals surface area contributed by atoms with Crippen molar-refractivity contribution in [3.63, 3.8) is 0 Å². The smallest absolute Gasteiger partial charge is 0.253 e. The molecule has 6 nitrogen and oxygen atoms in total. The van der Waals surface area contributed by atoms with E-state index in [1.807, 2.05) is 20.8 Å². The van der Waals surface area contributed by atoms with Crippen LogP contribution in [0.15, 0.2) is 22.9 Å². The van der Waals surface area contributed by atoms with Gasteiger partial charge in [0.15, 0.2) is 5.82 Å². The van der Waals surface area contributed by atoms with Crippen molar-refractivity contribution in [2.45, 2.75) is 39.2 Å². The highest BCUT2D eigenvalue weighted by molar-refractivity contribution is 5.93. The van der Waals surface area contributed by atoms with Gasteiger partial charge in [0, 0.05) is 11.6 Å². The number of aromatic nitrogens is 3. The lowest BCUT2D eigenvalue weighted by Crippen LogP contribution is -2.27. The van der Waals surface area contributed by atoms with E-state index in [-0.39, 0.29) is 16.9 Å². The molecule has 0 aromatic carbocycles. The van der Waals surface area contributed by atoms with E-state index in [0.29, 0.717) is 11.7 Å². The molecule has 7 heteroatoms. The normalized spacial score (nSPS) is 13.0. The first-order valence-corrected chi connectivity index (χ1v) is 6.54. The number of carbonyl (C=O) groups excluding carboxylic acids is 1. The van der Waals surface area contributed by atoms with Gasteiger partial charge in [-0.2, -0.15) is 9.37 Å². The molecular formula is C14H17FN4O2. The molecule has 2 aromatic heterocycles. The largest absolute Gasteiger partial charge is 0.340 e. The number of hydrogen-bond acceptors (Lipinski definition) is 5. The number of hydrogen-bond donors (Lipinski definition) is 1. The van der Waals surface area contributed by atoms with Crippen LogP contribution in [0.3, 0.4) is 0 Å².